The maximum atomic E-state index is 12.2. The van der Waals surface area contributed by atoms with Crippen LogP contribution in [0.4, 0.5) is 0 Å². The molecule has 0 spiro atoms. The first kappa shape index (κ1) is 15.6. The second-order valence-electron chi connectivity index (χ2n) is 4.68. The van der Waals surface area contributed by atoms with E-state index in [0.29, 0.717) is 16.4 Å². The molecule has 0 aliphatic heterocycles. The van der Waals surface area contributed by atoms with E-state index in [1.54, 1.807) is 47.1 Å². The number of benzene rings is 2. The molecule has 0 saturated carbocycles. The molecule has 0 saturated heterocycles. The first-order chi connectivity index (χ1) is 11.1. The lowest BCUT2D eigenvalue weighted by molar-refractivity contribution is 0.0949. The lowest BCUT2D eigenvalue weighted by Gasteiger charge is -2.07. The van der Waals surface area contributed by atoms with E-state index in [1.807, 2.05) is 6.07 Å². The highest BCUT2D eigenvalue weighted by molar-refractivity contribution is 9.10. The molecule has 6 nitrogen and oxygen atoms in total. The number of aromatic nitrogens is 4. The van der Waals surface area contributed by atoms with Crippen molar-refractivity contribution in [3.05, 3.63) is 69.4 Å². The molecular weight excluding hydrogens is 382 g/mol. The third-order valence-electron chi connectivity index (χ3n) is 3.10. The average molecular weight is 393 g/mol. The second kappa shape index (κ2) is 6.89. The maximum Gasteiger partial charge on any atom is 0.251 e. The van der Waals surface area contributed by atoms with Gasteiger partial charge in [0.2, 0.25) is 0 Å². The molecule has 2 aromatic carbocycles. The lowest BCUT2D eigenvalue weighted by atomic mass is 10.2. The van der Waals surface area contributed by atoms with Gasteiger partial charge in [-0.05, 0) is 52.9 Å². The van der Waals surface area contributed by atoms with E-state index in [2.05, 4.69) is 36.8 Å². The van der Waals surface area contributed by atoms with E-state index < -0.39 is 0 Å². The zero-order valence-corrected chi connectivity index (χ0v) is 14.1. The Hall–Kier alpha value is -2.25. The van der Waals surface area contributed by atoms with Crippen molar-refractivity contribution in [1.29, 1.82) is 0 Å². The molecular formula is C15H11BrClN5O. The summed E-state index contributed by atoms with van der Waals surface area (Å²) in [5.74, 6) is 0.327. The molecule has 0 radical (unpaired) electrons. The maximum absolute atomic E-state index is 12.2. The van der Waals surface area contributed by atoms with Gasteiger partial charge in [-0.25, -0.2) is 0 Å². The fraction of sp³-hybridized carbons (Fsp3) is 0.0667. The van der Waals surface area contributed by atoms with Gasteiger partial charge in [-0.2, -0.15) is 4.68 Å². The van der Waals surface area contributed by atoms with Gasteiger partial charge in [0, 0.05) is 15.1 Å². The summed E-state index contributed by atoms with van der Waals surface area (Å²) in [6.07, 6.45) is 0. The van der Waals surface area contributed by atoms with Crippen LogP contribution in [0.25, 0.3) is 5.69 Å². The Morgan fingerprint density at radius 2 is 2.00 bits per heavy atom. The van der Waals surface area contributed by atoms with Gasteiger partial charge in [0.15, 0.2) is 5.82 Å². The highest BCUT2D eigenvalue weighted by Gasteiger charge is 2.11. The van der Waals surface area contributed by atoms with Crippen LogP contribution >= 0.6 is 27.5 Å². The largest absolute Gasteiger partial charge is 0.345 e. The summed E-state index contributed by atoms with van der Waals surface area (Å²) < 4.78 is 2.40. The van der Waals surface area contributed by atoms with Crippen molar-refractivity contribution in [3.63, 3.8) is 0 Å². The SMILES string of the molecule is O=C(NCc1nnnn1-c1ccc(Cl)cc1)c1cccc(Br)c1. The van der Waals surface area contributed by atoms with Gasteiger partial charge in [-0.15, -0.1) is 5.10 Å². The molecule has 116 valence electrons. The van der Waals surface area contributed by atoms with E-state index in [1.165, 1.54) is 0 Å². The smallest absolute Gasteiger partial charge is 0.251 e. The molecule has 8 heteroatoms. The summed E-state index contributed by atoms with van der Waals surface area (Å²) in [4.78, 5) is 12.2. The van der Waals surface area contributed by atoms with E-state index >= 15 is 0 Å². The van der Waals surface area contributed by atoms with E-state index in [-0.39, 0.29) is 12.5 Å². The molecule has 0 aliphatic carbocycles. The molecule has 1 amide bonds. The van der Waals surface area contributed by atoms with Crippen LogP contribution in [-0.4, -0.2) is 26.1 Å². The molecule has 1 aromatic heterocycles. The van der Waals surface area contributed by atoms with E-state index in [4.69, 9.17) is 11.6 Å². The Morgan fingerprint density at radius 3 is 2.74 bits per heavy atom. The molecule has 0 bridgehead atoms. The van der Waals surface area contributed by atoms with Crippen molar-refractivity contribution >= 4 is 33.4 Å². The van der Waals surface area contributed by atoms with Gasteiger partial charge in [0.25, 0.3) is 5.91 Å². The van der Waals surface area contributed by atoms with Crippen LogP contribution in [0.2, 0.25) is 5.02 Å². The van der Waals surface area contributed by atoms with Gasteiger partial charge in [-0.1, -0.05) is 33.6 Å². The molecule has 0 atom stereocenters. The highest BCUT2D eigenvalue weighted by atomic mass is 79.9. The Morgan fingerprint density at radius 1 is 1.22 bits per heavy atom. The van der Waals surface area contributed by atoms with Crippen LogP contribution in [-0.2, 0) is 6.54 Å². The van der Waals surface area contributed by atoms with E-state index in [0.717, 1.165) is 10.2 Å². The number of carbonyl (C=O) groups excluding carboxylic acids is 1. The average Bonchev–Trinajstić information content (AvgIpc) is 3.02. The molecule has 3 aromatic rings. The van der Waals surface area contributed by atoms with Crippen LogP contribution < -0.4 is 5.32 Å². The van der Waals surface area contributed by atoms with Crippen LogP contribution in [0.15, 0.2) is 53.0 Å². The lowest BCUT2D eigenvalue weighted by Crippen LogP contribution is -2.24. The number of tetrazole rings is 1. The summed E-state index contributed by atoms with van der Waals surface area (Å²) in [5.41, 5.74) is 1.33. The third kappa shape index (κ3) is 3.75. The van der Waals surface area contributed by atoms with Gasteiger partial charge in [0.05, 0.1) is 12.2 Å². The van der Waals surface area contributed by atoms with Crippen LogP contribution in [0.3, 0.4) is 0 Å². The molecule has 0 unspecified atom stereocenters. The number of nitrogens with one attached hydrogen (secondary N) is 1. The number of rotatable bonds is 4. The molecule has 1 heterocycles. The van der Waals surface area contributed by atoms with Crippen LogP contribution in [0.1, 0.15) is 16.2 Å². The predicted octanol–water partition coefficient (Wildman–Crippen LogP) is 3.01. The standard InChI is InChI=1S/C15H11BrClN5O/c16-11-3-1-2-10(8-11)15(23)18-9-14-19-20-21-22(14)13-6-4-12(17)5-7-13/h1-8H,9H2,(H,18,23). The van der Waals surface area contributed by atoms with Crippen molar-refractivity contribution in [2.45, 2.75) is 6.54 Å². The summed E-state index contributed by atoms with van der Waals surface area (Å²) in [6, 6.07) is 14.3. The van der Waals surface area contributed by atoms with Gasteiger partial charge >= 0.3 is 0 Å². The normalized spacial score (nSPS) is 10.5. The second-order valence-corrected chi connectivity index (χ2v) is 6.03. The minimum Gasteiger partial charge on any atom is -0.345 e. The van der Waals surface area contributed by atoms with Crippen molar-refractivity contribution in [2.75, 3.05) is 0 Å². The Balaban J connectivity index is 1.73. The Bertz CT molecular complexity index is 834. The predicted molar refractivity (Wildman–Crippen MR) is 89.5 cm³/mol. The van der Waals surface area contributed by atoms with Crippen LogP contribution in [0, 0.1) is 0 Å². The minimum atomic E-state index is -0.197. The van der Waals surface area contributed by atoms with Crippen LogP contribution in [0.5, 0.6) is 0 Å². The summed E-state index contributed by atoms with van der Waals surface area (Å²) in [5, 5.41) is 15.0. The number of amides is 1. The van der Waals surface area contributed by atoms with Crippen molar-refractivity contribution in [2.24, 2.45) is 0 Å². The minimum absolute atomic E-state index is 0.197. The summed E-state index contributed by atoms with van der Waals surface area (Å²) in [6.45, 7) is 0.209. The first-order valence-electron chi connectivity index (χ1n) is 6.70. The summed E-state index contributed by atoms with van der Waals surface area (Å²) in [7, 11) is 0. The molecule has 0 fully saturated rings. The Labute approximate surface area is 145 Å². The number of carbonyl (C=O) groups is 1. The molecule has 3 rings (SSSR count). The van der Waals surface area contributed by atoms with Crippen molar-refractivity contribution in [3.8, 4) is 5.69 Å². The monoisotopic (exact) mass is 391 g/mol. The molecule has 1 N–H and O–H groups in total. The number of hydrogen-bond acceptors (Lipinski definition) is 4. The highest BCUT2D eigenvalue weighted by Crippen LogP contribution is 2.14. The topological polar surface area (TPSA) is 72.7 Å². The van der Waals surface area contributed by atoms with Gasteiger partial charge in [0.1, 0.15) is 0 Å². The number of hydrogen-bond donors (Lipinski definition) is 1. The van der Waals surface area contributed by atoms with E-state index in [9.17, 15) is 4.79 Å². The zero-order chi connectivity index (χ0) is 16.2. The van der Waals surface area contributed by atoms with Crippen molar-refractivity contribution < 1.29 is 4.79 Å². The third-order valence-corrected chi connectivity index (χ3v) is 3.84. The van der Waals surface area contributed by atoms with Gasteiger partial charge in [-0.3, -0.25) is 4.79 Å². The molecule has 0 aliphatic rings. The van der Waals surface area contributed by atoms with Gasteiger partial charge < -0.3 is 5.32 Å². The summed E-state index contributed by atoms with van der Waals surface area (Å²) >= 11 is 9.22. The van der Waals surface area contributed by atoms with Crippen molar-refractivity contribution in [1.82, 2.24) is 25.5 Å². The Kier molecular flexibility index (Phi) is 4.68. The first-order valence-corrected chi connectivity index (χ1v) is 7.87. The quantitative estimate of drug-likeness (QED) is 0.741. The fourth-order valence-electron chi connectivity index (χ4n) is 1.99. The fourth-order valence-corrected chi connectivity index (χ4v) is 2.52. The number of halogens is 2. The number of nitrogens with zero attached hydrogens (tertiary/aromatic N) is 4. The zero-order valence-electron chi connectivity index (χ0n) is 11.8. The molecule has 23 heavy (non-hydrogen) atoms.